The number of rotatable bonds is 6. The normalized spacial score (nSPS) is 15.5. The lowest BCUT2D eigenvalue weighted by molar-refractivity contribution is 0.0238. The van der Waals surface area contributed by atoms with E-state index in [0.29, 0.717) is 33.5 Å². The molecule has 1 aliphatic rings. The summed E-state index contributed by atoms with van der Waals surface area (Å²) in [6.07, 6.45) is -0.457. The van der Waals surface area contributed by atoms with Gasteiger partial charge >= 0.3 is 16.3 Å². The molecule has 0 bridgehead atoms. The maximum Gasteiger partial charge on any atom is 0.410 e. The van der Waals surface area contributed by atoms with Gasteiger partial charge in [0.2, 0.25) is 0 Å². The monoisotopic (exact) mass is 472 g/mol. The van der Waals surface area contributed by atoms with Gasteiger partial charge in [-0.3, -0.25) is 4.90 Å². The molecule has 0 radical (unpaired) electrons. The fraction of sp³-hybridized carbons (Fsp3) is 0.810. The second kappa shape index (κ2) is 8.51. The zero-order valence-electron chi connectivity index (χ0n) is 21.0. The third-order valence-electron chi connectivity index (χ3n) is 6.29. The first-order chi connectivity index (χ1) is 14.0. The van der Waals surface area contributed by atoms with Crippen LogP contribution in [0.15, 0.2) is 0 Å². The molecule has 1 aromatic heterocycles. The van der Waals surface area contributed by atoms with Gasteiger partial charge in [-0.2, -0.15) is 12.7 Å². The number of hydrogen-bond acceptors (Lipinski definition) is 5. The van der Waals surface area contributed by atoms with Crippen molar-refractivity contribution in [3.05, 3.63) is 11.4 Å². The number of amides is 1. The molecule has 0 N–H and O–H groups in total. The fourth-order valence-electron chi connectivity index (χ4n) is 5.10. The molecule has 1 amide bonds. The highest BCUT2D eigenvalue weighted by Crippen LogP contribution is 2.42. The molecule has 0 atom stereocenters. The lowest BCUT2D eigenvalue weighted by Crippen LogP contribution is -2.61. The second-order valence-corrected chi connectivity index (χ2v) is 18.4. The number of imidazole rings is 1. The maximum absolute atomic E-state index is 13.5. The number of fused-ring (bicyclic) bond motifs is 1. The highest BCUT2D eigenvalue weighted by Gasteiger charge is 2.51. The van der Waals surface area contributed by atoms with Crippen molar-refractivity contribution >= 4 is 29.8 Å². The maximum atomic E-state index is 13.5. The Morgan fingerprint density at radius 1 is 1.03 bits per heavy atom. The molecule has 0 aliphatic carbocycles. The van der Waals surface area contributed by atoms with E-state index < -0.39 is 30.0 Å². The lowest BCUT2D eigenvalue weighted by atomic mass is 10.2. The van der Waals surface area contributed by atoms with Gasteiger partial charge in [0.15, 0.2) is 0 Å². The summed E-state index contributed by atoms with van der Waals surface area (Å²) in [7, 11) is -3.11. The Bertz CT molecular complexity index is 908. The number of hydrogen-bond donors (Lipinski definition) is 0. The number of nitrogens with zero attached hydrogens (tertiary/aromatic N) is 4. The predicted molar refractivity (Wildman–Crippen MR) is 126 cm³/mol. The van der Waals surface area contributed by atoms with Gasteiger partial charge in [0.25, 0.3) is 0 Å². The van der Waals surface area contributed by atoms with Crippen LogP contribution in [0.3, 0.4) is 0 Å². The van der Waals surface area contributed by atoms with Gasteiger partial charge in [0.1, 0.15) is 19.1 Å². The van der Waals surface area contributed by atoms with Gasteiger partial charge in [-0.1, -0.05) is 41.5 Å². The molecule has 0 unspecified atom stereocenters. The first kappa shape index (κ1) is 25.9. The van der Waals surface area contributed by atoms with E-state index in [0.717, 1.165) is 0 Å². The second-order valence-electron chi connectivity index (χ2n) is 10.6. The zero-order chi connectivity index (χ0) is 24.1. The molecule has 2 heterocycles. The summed E-state index contributed by atoms with van der Waals surface area (Å²) < 4.78 is 35.3. The van der Waals surface area contributed by atoms with E-state index in [-0.39, 0.29) is 13.1 Å². The zero-order valence-corrected chi connectivity index (χ0v) is 22.8. The van der Waals surface area contributed by atoms with Crippen molar-refractivity contribution in [3.63, 3.8) is 0 Å². The summed E-state index contributed by atoms with van der Waals surface area (Å²) in [6.45, 7) is 19.0. The smallest absolute Gasteiger partial charge is 0.410 e. The van der Waals surface area contributed by atoms with Crippen molar-refractivity contribution in [2.75, 3.05) is 14.1 Å². The van der Waals surface area contributed by atoms with E-state index >= 15 is 0 Å². The minimum absolute atomic E-state index is 0.170. The largest absolute Gasteiger partial charge is 0.444 e. The minimum atomic E-state index is -3.81. The van der Waals surface area contributed by atoms with Crippen LogP contribution in [-0.4, -0.2) is 60.4 Å². The van der Waals surface area contributed by atoms with Crippen molar-refractivity contribution < 1.29 is 17.9 Å². The van der Waals surface area contributed by atoms with Crippen LogP contribution in [0.1, 0.15) is 73.7 Å². The summed E-state index contributed by atoms with van der Waals surface area (Å²) in [5, 5.41) is 0. The molecule has 10 heteroatoms. The molecular formula is C21H40N4O4SSi. The average Bonchev–Trinajstić information content (AvgIpc) is 3.10. The summed E-state index contributed by atoms with van der Waals surface area (Å²) in [5.74, 6) is 0. The molecule has 2 rings (SSSR count). The first-order valence-corrected chi connectivity index (χ1v) is 14.6. The fourth-order valence-corrected chi connectivity index (χ4v) is 13.3. The SMILES string of the molecule is CC(C)[Si](c1nc2c(n1S(=O)(=O)N(C)C)CN(C(=O)OC(C)(C)C)C2)(C(C)C)C(C)C. The number of carbonyl (C=O) groups excluding carboxylic acids is 1. The van der Waals surface area contributed by atoms with E-state index in [2.05, 4.69) is 41.5 Å². The first-order valence-electron chi connectivity index (χ1n) is 11.0. The average molecular weight is 473 g/mol. The molecule has 1 aromatic rings. The van der Waals surface area contributed by atoms with Crippen molar-refractivity contribution in [3.8, 4) is 0 Å². The molecular weight excluding hydrogens is 432 g/mol. The van der Waals surface area contributed by atoms with Crippen LogP contribution in [0.2, 0.25) is 16.6 Å². The Hall–Kier alpha value is -1.39. The van der Waals surface area contributed by atoms with E-state index in [1.54, 1.807) is 0 Å². The van der Waals surface area contributed by atoms with Crippen LogP contribution in [0.5, 0.6) is 0 Å². The summed E-state index contributed by atoms with van der Waals surface area (Å²) in [4.78, 5) is 19.1. The van der Waals surface area contributed by atoms with Gasteiger partial charge in [0, 0.05) is 14.1 Å². The summed E-state index contributed by atoms with van der Waals surface area (Å²) in [6, 6.07) is 0. The molecule has 31 heavy (non-hydrogen) atoms. The van der Waals surface area contributed by atoms with Crippen molar-refractivity contribution in [2.45, 2.75) is 97.6 Å². The van der Waals surface area contributed by atoms with E-state index in [4.69, 9.17) is 9.72 Å². The standard InChI is InChI=1S/C21H40N4O4SSi/c1-14(2)31(15(3)4,16(5)6)19-22-17-12-24(20(26)29-21(7,8)9)13-18(17)25(19)30(27,28)23(10)11/h14-16H,12-13H2,1-11H3. The Kier molecular flexibility index (Phi) is 7.10. The Balaban J connectivity index is 2.72. The highest BCUT2D eigenvalue weighted by atomic mass is 32.2. The Morgan fingerprint density at radius 2 is 1.52 bits per heavy atom. The lowest BCUT2D eigenvalue weighted by Gasteiger charge is -2.42. The van der Waals surface area contributed by atoms with Crippen molar-refractivity contribution in [2.24, 2.45) is 0 Å². The van der Waals surface area contributed by atoms with Crippen molar-refractivity contribution in [1.82, 2.24) is 18.2 Å². The van der Waals surface area contributed by atoms with Gasteiger partial charge in [-0.15, -0.1) is 0 Å². The molecule has 0 saturated carbocycles. The molecule has 0 fully saturated rings. The van der Waals surface area contributed by atoms with Crippen LogP contribution < -0.4 is 5.45 Å². The van der Waals surface area contributed by atoms with Gasteiger partial charge in [-0.05, 0) is 37.4 Å². The number of carbonyl (C=O) groups is 1. The molecule has 8 nitrogen and oxygen atoms in total. The van der Waals surface area contributed by atoms with Gasteiger partial charge in [0.05, 0.1) is 24.5 Å². The van der Waals surface area contributed by atoms with Crippen LogP contribution in [0, 0.1) is 0 Å². The van der Waals surface area contributed by atoms with Crippen LogP contribution >= 0.6 is 0 Å². The third-order valence-corrected chi connectivity index (χ3v) is 15.1. The topological polar surface area (TPSA) is 84.7 Å². The quantitative estimate of drug-likeness (QED) is 0.590. The predicted octanol–water partition coefficient (Wildman–Crippen LogP) is 3.67. The summed E-state index contributed by atoms with van der Waals surface area (Å²) in [5.41, 5.74) is 2.21. The molecule has 1 aliphatic heterocycles. The van der Waals surface area contributed by atoms with Crippen LogP contribution in [-0.2, 0) is 28.0 Å². The Labute approximate surface area is 189 Å². The van der Waals surface area contributed by atoms with Crippen molar-refractivity contribution in [1.29, 1.82) is 0 Å². The third kappa shape index (κ3) is 4.43. The van der Waals surface area contributed by atoms with E-state index in [1.807, 2.05) is 20.8 Å². The van der Waals surface area contributed by atoms with E-state index in [1.165, 1.54) is 27.3 Å². The van der Waals surface area contributed by atoms with Crippen LogP contribution in [0.4, 0.5) is 4.79 Å². The Morgan fingerprint density at radius 3 is 1.90 bits per heavy atom. The molecule has 178 valence electrons. The molecule has 0 aromatic carbocycles. The number of ether oxygens (including phenoxy) is 1. The van der Waals surface area contributed by atoms with Gasteiger partial charge < -0.3 is 4.74 Å². The molecule has 0 saturated heterocycles. The molecule has 0 spiro atoms. The summed E-state index contributed by atoms with van der Waals surface area (Å²) >= 11 is 0. The van der Waals surface area contributed by atoms with Gasteiger partial charge in [-0.25, -0.2) is 13.8 Å². The van der Waals surface area contributed by atoms with Crippen LogP contribution in [0.25, 0.3) is 0 Å². The number of aromatic nitrogens is 2. The van der Waals surface area contributed by atoms with E-state index in [9.17, 15) is 13.2 Å². The minimum Gasteiger partial charge on any atom is -0.444 e. The highest BCUT2D eigenvalue weighted by molar-refractivity contribution is 7.87.